The van der Waals surface area contributed by atoms with Gasteiger partial charge in [0.25, 0.3) is 0 Å². The second-order valence-electron chi connectivity index (χ2n) is 5.90. The standard InChI is InChI=1S/C19H22N4O/c1-2-18(24)21-14-16-10-6-7-13-23(16)17-11-12-20-19(22-17)15-8-4-3-5-9-15/h2-5,8-9,11-12,16H,1,6-7,10,13-14H2,(H,21,24). The molecule has 1 atom stereocenters. The molecule has 1 fully saturated rings. The Morgan fingerprint density at radius 2 is 2.12 bits per heavy atom. The van der Waals surface area contributed by atoms with E-state index in [-0.39, 0.29) is 11.9 Å². The molecule has 1 aromatic heterocycles. The van der Waals surface area contributed by atoms with Crippen molar-refractivity contribution in [2.75, 3.05) is 18.0 Å². The first-order chi connectivity index (χ1) is 11.8. The summed E-state index contributed by atoms with van der Waals surface area (Å²) in [4.78, 5) is 22.9. The highest BCUT2D eigenvalue weighted by molar-refractivity contribution is 5.86. The van der Waals surface area contributed by atoms with Crippen LogP contribution in [0.4, 0.5) is 5.82 Å². The van der Waals surface area contributed by atoms with Gasteiger partial charge < -0.3 is 10.2 Å². The summed E-state index contributed by atoms with van der Waals surface area (Å²) in [6, 6.07) is 12.2. The molecule has 1 saturated heterocycles. The lowest BCUT2D eigenvalue weighted by atomic mass is 10.0. The highest BCUT2D eigenvalue weighted by Crippen LogP contribution is 2.24. The van der Waals surface area contributed by atoms with Crippen LogP contribution in [0.15, 0.2) is 55.3 Å². The summed E-state index contributed by atoms with van der Waals surface area (Å²) in [5.74, 6) is 1.52. The number of hydrogen-bond acceptors (Lipinski definition) is 4. The second kappa shape index (κ2) is 7.73. The van der Waals surface area contributed by atoms with Crippen molar-refractivity contribution in [1.29, 1.82) is 0 Å². The summed E-state index contributed by atoms with van der Waals surface area (Å²) in [5, 5.41) is 2.91. The molecule has 1 unspecified atom stereocenters. The molecule has 124 valence electrons. The van der Waals surface area contributed by atoms with E-state index in [2.05, 4.69) is 21.8 Å². The van der Waals surface area contributed by atoms with Crippen molar-refractivity contribution in [2.24, 2.45) is 0 Å². The molecule has 0 radical (unpaired) electrons. The Hall–Kier alpha value is -2.69. The number of aromatic nitrogens is 2. The molecular formula is C19H22N4O. The van der Waals surface area contributed by atoms with Crippen LogP contribution in [0.2, 0.25) is 0 Å². The first-order valence-corrected chi connectivity index (χ1v) is 8.33. The summed E-state index contributed by atoms with van der Waals surface area (Å²) in [6.45, 7) is 5.05. The molecular weight excluding hydrogens is 300 g/mol. The summed E-state index contributed by atoms with van der Waals surface area (Å²) in [5.41, 5.74) is 1.01. The number of rotatable bonds is 5. The van der Waals surface area contributed by atoms with Gasteiger partial charge in [-0.25, -0.2) is 9.97 Å². The molecule has 1 aromatic carbocycles. The average molecular weight is 322 g/mol. The van der Waals surface area contributed by atoms with Gasteiger partial charge in [-0.05, 0) is 31.4 Å². The van der Waals surface area contributed by atoms with Crippen LogP contribution < -0.4 is 10.2 Å². The fraction of sp³-hybridized carbons (Fsp3) is 0.316. The van der Waals surface area contributed by atoms with Crippen LogP contribution in [0.25, 0.3) is 11.4 Å². The van der Waals surface area contributed by atoms with Crippen LogP contribution in [-0.4, -0.2) is 35.0 Å². The van der Waals surface area contributed by atoms with Crippen LogP contribution in [-0.2, 0) is 4.79 Å². The first kappa shape index (κ1) is 16.2. The summed E-state index contributed by atoms with van der Waals surface area (Å²) in [7, 11) is 0. The maximum atomic E-state index is 11.5. The van der Waals surface area contributed by atoms with Crippen LogP contribution >= 0.6 is 0 Å². The van der Waals surface area contributed by atoms with E-state index < -0.39 is 0 Å². The maximum Gasteiger partial charge on any atom is 0.243 e. The van der Waals surface area contributed by atoms with Gasteiger partial charge in [0.2, 0.25) is 5.91 Å². The molecule has 5 heteroatoms. The van der Waals surface area contributed by atoms with Gasteiger partial charge in [-0.1, -0.05) is 36.9 Å². The minimum absolute atomic E-state index is 0.131. The van der Waals surface area contributed by atoms with Gasteiger partial charge in [0.15, 0.2) is 5.82 Å². The predicted octanol–water partition coefficient (Wildman–Crippen LogP) is 2.80. The van der Waals surface area contributed by atoms with Crippen molar-refractivity contribution in [3.05, 3.63) is 55.3 Å². The molecule has 0 saturated carbocycles. The zero-order chi connectivity index (χ0) is 16.8. The van der Waals surface area contributed by atoms with Crippen molar-refractivity contribution >= 4 is 11.7 Å². The van der Waals surface area contributed by atoms with E-state index in [1.54, 1.807) is 6.20 Å². The number of amides is 1. The molecule has 2 heterocycles. The number of nitrogens with zero attached hydrogens (tertiary/aromatic N) is 3. The first-order valence-electron chi connectivity index (χ1n) is 8.33. The van der Waals surface area contributed by atoms with E-state index in [1.165, 1.54) is 12.5 Å². The fourth-order valence-electron chi connectivity index (χ4n) is 3.04. The van der Waals surface area contributed by atoms with Gasteiger partial charge in [0, 0.05) is 30.9 Å². The number of carbonyl (C=O) groups excluding carboxylic acids is 1. The molecule has 2 aromatic rings. The highest BCUT2D eigenvalue weighted by atomic mass is 16.1. The third kappa shape index (κ3) is 3.79. The van der Waals surface area contributed by atoms with Gasteiger partial charge in [0.05, 0.1) is 0 Å². The Morgan fingerprint density at radius 1 is 1.29 bits per heavy atom. The van der Waals surface area contributed by atoms with Gasteiger partial charge in [-0.3, -0.25) is 4.79 Å². The smallest absolute Gasteiger partial charge is 0.243 e. The largest absolute Gasteiger partial charge is 0.352 e. The van der Waals surface area contributed by atoms with Crippen LogP contribution in [0.3, 0.4) is 0 Å². The van der Waals surface area contributed by atoms with E-state index in [9.17, 15) is 4.79 Å². The Balaban J connectivity index is 1.80. The number of carbonyl (C=O) groups is 1. The van der Waals surface area contributed by atoms with Crippen molar-refractivity contribution in [1.82, 2.24) is 15.3 Å². The van der Waals surface area contributed by atoms with Crippen molar-refractivity contribution in [2.45, 2.75) is 25.3 Å². The molecule has 1 aliphatic heterocycles. The van der Waals surface area contributed by atoms with E-state index in [0.29, 0.717) is 6.54 Å². The quantitative estimate of drug-likeness (QED) is 0.860. The molecule has 0 bridgehead atoms. The average Bonchev–Trinajstić information content (AvgIpc) is 2.67. The Bertz CT molecular complexity index is 702. The number of anilines is 1. The zero-order valence-corrected chi connectivity index (χ0v) is 13.7. The summed E-state index contributed by atoms with van der Waals surface area (Å²) in [6.07, 6.45) is 6.46. The molecule has 1 amide bonds. The molecule has 1 aliphatic rings. The zero-order valence-electron chi connectivity index (χ0n) is 13.7. The van der Waals surface area contributed by atoms with Crippen molar-refractivity contribution in [3.63, 3.8) is 0 Å². The maximum absolute atomic E-state index is 11.5. The number of hydrogen-bond donors (Lipinski definition) is 1. The van der Waals surface area contributed by atoms with E-state index in [0.717, 1.165) is 36.6 Å². The van der Waals surface area contributed by atoms with Gasteiger partial charge in [-0.2, -0.15) is 0 Å². The van der Waals surface area contributed by atoms with Crippen LogP contribution in [0.5, 0.6) is 0 Å². The lowest BCUT2D eigenvalue weighted by Gasteiger charge is -2.36. The fourth-order valence-corrected chi connectivity index (χ4v) is 3.04. The Morgan fingerprint density at radius 3 is 2.92 bits per heavy atom. The second-order valence-corrected chi connectivity index (χ2v) is 5.90. The SMILES string of the molecule is C=CC(=O)NCC1CCCCN1c1ccnc(-c2ccccc2)n1. The van der Waals surface area contributed by atoms with E-state index in [1.807, 2.05) is 36.4 Å². The lowest BCUT2D eigenvalue weighted by molar-refractivity contribution is -0.116. The normalized spacial score (nSPS) is 17.3. The van der Waals surface area contributed by atoms with Crippen molar-refractivity contribution < 1.29 is 4.79 Å². The lowest BCUT2D eigenvalue weighted by Crippen LogP contribution is -2.47. The van der Waals surface area contributed by atoms with E-state index >= 15 is 0 Å². The molecule has 3 rings (SSSR count). The van der Waals surface area contributed by atoms with Crippen molar-refractivity contribution in [3.8, 4) is 11.4 Å². The predicted molar refractivity (Wildman–Crippen MR) is 95.7 cm³/mol. The molecule has 1 N–H and O–H groups in total. The number of nitrogens with one attached hydrogen (secondary N) is 1. The number of benzene rings is 1. The highest BCUT2D eigenvalue weighted by Gasteiger charge is 2.24. The molecule has 5 nitrogen and oxygen atoms in total. The molecule has 0 aliphatic carbocycles. The van der Waals surface area contributed by atoms with Gasteiger partial charge in [-0.15, -0.1) is 0 Å². The third-order valence-electron chi connectivity index (χ3n) is 4.29. The summed E-state index contributed by atoms with van der Waals surface area (Å²) < 4.78 is 0. The van der Waals surface area contributed by atoms with Crippen LogP contribution in [0, 0.1) is 0 Å². The topological polar surface area (TPSA) is 58.1 Å². The Kier molecular flexibility index (Phi) is 5.21. The summed E-state index contributed by atoms with van der Waals surface area (Å²) >= 11 is 0. The van der Waals surface area contributed by atoms with E-state index in [4.69, 9.17) is 4.98 Å². The molecule has 0 spiro atoms. The third-order valence-corrected chi connectivity index (χ3v) is 4.29. The van der Waals surface area contributed by atoms with Gasteiger partial charge in [0.1, 0.15) is 5.82 Å². The Labute approximate surface area is 142 Å². The minimum atomic E-state index is -0.131. The monoisotopic (exact) mass is 322 g/mol. The van der Waals surface area contributed by atoms with Gasteiger partial charge >= 0.3 is 0 Å². The van der Waals surface area contributed by atoms with Crippen LogP contribution in [0.1, 0.15) is 19.3 Å². The minimum Gasteiger partial charge on any atom is -0.352 e. The molecule has 24 heavy (non-hydrogen) atoms. The number of piperidine rings is 1.